The molecule has 2 atom stereocenters. The lowest BCUT2D eigenvalue weighted by molar-refractivity contribution is 0.0383. The van der Waals surface area contributed by atoms with E-state index in [9.17, 15) is 9.90 Å². The van der Waals surface area contributed by atoms with Crippen molar-refractivity contribution in [2.75, 3.05) is 36.5 Å². The fraction of sp³-hybridized carbons (Fsp3) is 0.276. The van der Waals surface area contributed by atoms with Crippen LogP contribution in [0.1, 0.15) is 40.4 Å². The second kappa shape index (κ2) is 10.3. The Kier molecular flexibility index (Phi) is 6.53. The number of pyridine rings is 1. The van der Waals surface area contributed by atoms with Gasteiger partial charge in [-0.25, -0.2) is 9.97 Å². The molecule has 6 rings (SSSR count). The SMILES string of the molecule is Cc1ccnc(C(CO)Nc2ccc3c(c2)Cc2cccc(C4CN(c5ccc[nH]c5=O)CCO4)c2O3)n1. The molecule has 2 aromatic carbocycles. The maximum atomic E-state index is 12.4. The fourth-order valence-corrected chi connectivity index (χ4v) is 5.09. The van der Waals surface area contributed by atoms with Gasteiger partial charge in [0.2, 0.25) is 0 Å². The summed E-state index contributed by atoms with van der Waals surface area (Å²) in [5, 5.41) is 13.3. The van der Waals surface area contributed by atoms with Crippen molar-refractivity contribution in [3.8, 4) is 11.5 Å². The molecule has 2 aliphatic rings. The average Bonchev–Trinajstić information content (AvgIpc) is 2.94. The number of aliphatic hydroxyl groups excluding tert-OH is 1. The lowest BCUT2D eigenvalue weighted by Gasteiger charge is -2.35. The van der Waals surface area contributed by atoms with Gasteiger partial charge in [0.05, 0.1) is 13.2 Å². The Morgan fingerprint density at radius 2 is 2.11 bits per heavy atom. The molecule has 9 nitrogen and oxygen atoms in total. The largest absolute Gasteiger partial charge is 0.456 e. The minimum Gasteiger partial charge on any atom is -0.456 e. The first-order valence-corrected chi connectivity index (χ1v) is 12.7. The van der Waals surface area contributed by atoms with E-state index in [4.69, 9.17) is 9.47 Å². The van der Waals surface area contributed by atoms with Crippen LogP contribution in [0.4, 0.5) is 11.4 Å². The fourth-order valence-electron chi connectivity index (χ4n) is 5.09. The first-order chi connectivity index (χ1) is 18.6. The number of nitrogens with one attached hydrogen (secondary N) is 2. The van der Waals surface area contributed by atoms with Gasteiger partial charge in [-0.05, 0) is 48.9 Å². The number of aliphatic hydroxyl groups is 1. The third-order valence-corrected chi connectivity index (χ3v) is 6.98. The van der Waals surface area contributed by atoms with Crippen molar-refractivity contribution in [1.29, 1.82) is 0 Å². The van der Waals surface area contributed by atoms with Gasteiger partial charge in [0.25, 0.3) is 5.56 Å². The summed E-state index contributed by atoms with van der Waals surface area (Å²) in [7, 11) is 0. The molecule has 0 aliphatic carbocycles. The van der Waals surface area contributed by atoms with Gasteiger partial charge in [0, 0.05) is 54.4 Å². The van der Waals surface area contributed by atoms with Crippen LogP contribution in [0.15, 0.2) is 71.8 Å². The van der Waals surface area contributed by atoms with Crippen molar-refractivity contribution in [3.63, 3.8) is 0 Å². The lowest BCUT2D eigenvalue weighted by Crippen LogP contribution is -2.41. The van der Waals surface area contributed by atoms with Crippen LogP contribution in [0, 0.1) is 6.92 Å². The van der Waals surface area contributed by atoms with E-state index in [0.717, 1.165) is 39.6 Å². The first kappa shape index (κ1) is 24.1. The van der Waals surface area contributed by atoms with Crippen molar-refractivity contribution in [2.45, 2.75) is 25.5 Å². The molecule has 1 fully saturated rings. The Balaban J connectivity index is 1.23. The summed E-state index contributed by atoms with van der Waals surface area (Å²) in [5.41, 5.74) is 5.35. The molecule has 4 aromatic rings. The van der Waals surface area contributed by atoms with E-state index >= 15 is 0 Å². The molecule has 9 heteroatoms. The van der Waals surface area contributed by atoms with Crippen LogP contribution >= 0.6 is 0 Å². The number of para-hydroxylation sites is 1. The minimum atomic E-state index is -0.417. The number of hydrogen-bond donors (Lipinski definition) is 3. The predicted molar refractivity (Wildman–Crippen MR) is 144 cm³/mol. The zero-order valence-electron chi connectivity index (χ0n) is 21.1. The highest BCUT2D eigenvalue weighted by Crippen LogP contribution is 2.43. The van der Waals surface area contributed by atoms with Gasteiger partial charge in [-0.15, -0.1) is 0 Å². The molecule has 2 unspecified atom stereocenters. The second-order valence-electron chi connectivity index (χ2n) is 9.56. The summed E-state index contributed by atoms with van der Waals surface area (Å²) in [4.78, 5) is 25.9. The number of rotatable bonds is 6. The summed E-state index contributed by atoms with van der Waals surface area (Å²) in [6.45, 7) is 3.51. The summed E-state index contributed by atoms with van der Waals surface area (Å²) in [5.74, 6) is 2.15. The Labute approximate surface area is 220 Å². The number of fused-ring (bicyclic) bond motifs is 2. The highest BCUT2D eigenvalue weighted by atomic mass is 16.5. The molecule has 38 heavy (non-hydrogen) atoms. The molecule has 0 radical (unpaired) electrons. The van der Waals surface area contributed by atoms with Gasteiger partial charge >= 0.3 is 0 Å². The molecule has 4 heterocycles. The first-order valence-electron chi connectivity index (χ1n) is 12.7. The zero-order valence-corrected chi connectivity index (χ0v) is 21.1. The number of anilines is 2. The number of aromatic nitrogens is 3. The standard InChI is InChI=1S/C29H29N5O4/c1-18-9-11-30-28(32-18)23(17-35)33-21-7-8-25-20(15-21)14-19-4-2-5-22(27(19)38-25)26-16-34(12-13-37-26)24-6-3-10-31-29(24)36/h2-11,15,23,26,33,35H,12-14,16-17H2,1H3,(H,31,36). The number of nitrogens with zero attached hydrogens (tertiary/aromatic N) is 3. The Bertz CT molecular complexity index is 1520. The Morgan fingerprint density at radius 1 is 1.18 bits per heavy atom. The van der Waals surface area contributed by atoms with Gasteiger partial charge in [0.15, 0.2) is 5.82 Å². The molecular weight excluding hydrogens is 482 g/mol. The van der Waals surface area contributed by atoms with Crippen LogP contribution in [-0.2, 0) is 11.2 Å². The molecule has 1 saturated heterocycles. The molecule has 194 valence electrons. The van der Waals surface area contributed by atoms with Gasteiger partial charge in [-0.3, -0.25) is 4.79 Å². The number of ether oxygens (including phenoxy) is 2. The zero-order chi connectivity index (χ0) is 26.1. The number of aromatic amines is 1. The quantitative estimate of drug-likeness (QED) is 0.315. The third kappa shape index (κ3) is 4.73. The molecule has 0 bridgehead atoms. The van der Waals surface area contributed by atoms with Crippen LogP contribution in [0.3, 0.4) is 0 Å². The van der Waals surface area contributed by atoms with Crippen LogP contribution < -0.4 is 20.5 Å². The number of benzene rings is 2. The maximum absolute atomic E-state index is 12.4. The smallest absolute Gasteiger partial charge is 0.271 e. The molecular formula is C29H29N5O4. The van der Waals surface area contributed by atoms with Gasteiger partial charge < -0.3 is 29.8 Å². The highest BCUT2D eigenvalue weighted by molar-refractivity contribution is 5.59. The van der Waals surface area contributed by atoms with Crippen LogP contribution in [0.5, 0.6) is 11.5 Å². The van der Waals surface area contributed by atoms with E-state index < -0.39 is 6.04 Å². The topological polar surface area (TPSA) is 113 Å². The van der Waals surface area contributed by atoms with Gasteiger partial charge in [0.1, 0.15) is 29.3 Å². The Hall–Kier alpha value is -4.21. The second-order valence-corrected chi connectivity index (χ2v) is 9.56. The van der Waals surface area contributed by atoms with Crippen molar-refractivity contribution >= 4 is 11.4 Å². The average molecular weight is 512 g/mol. The van der Waals surface area contributed by atoms with E-state index in [1.807, 2.05) is 55.5 Å². The molecule has 0 spiro atoms. The number of hydrogen-bond acceptors (Lipinski definition) is 8. The third-order valence-electron chi connectivity index (χ3n) is 6.98. The lowest BCUT2D eigenvalue weighted by atomic mass is 9.95. The van der Waals surface area contributed by atoms with Crippen molar-refractivity contribution in [1.82, 2.24) is 15.0 Å². The molecule has 2 aromatic heterocycles. The summed E-state index contributed by atoms with van der Waals surface area (Å²) in [6.07, 6.45) is 3.82. The van der Waals surface area contributed by atoms with Gasteiger partial charge in [-0.2, -0.15) is 0 Å². The van der Waals surface area contributed by atoms with E-state index in [2.05, 4.69) is 31.2 Å². The molecule has 0 saturated carbocycles. The minimum absolute atomic E-state index is 0.102. The van der Waals surface area contributed by atoms with Crippen LogP contribution in [0.2, 0.25) is 0 Å². The van der Waals surface area contributed by atoms with E-state index in [1.165, 1.54) is 0 Å². The molecule has 0 amide bonds. The number of aryl methyl sites for hydroxylation is 1. The van der Waals surface area contributed by atoms with E-state index in [0.29, 0.717) is 37.6 Å². The van der Waals surface area contributed by atoms with Crippen molar-refractivity contribution in [2.24, 2.45) is 0 Å². The van der Waals surface area contributed by atoms with Crippen LogP contribution in [-0.4, -0.2) is 46.4 Å². The van der Waals surface area contributed by atoms with Crippen molar-refractivity contribution < 1.29 is 14.6 Å². The summed E-state index contributed by atoms with van der Waals surface area (Å²) in [6, 6.07) is 17.2. The van der Waals surface area contributed by atoms with E-state index in [-0.39, 0.29) is 18.3 Å². The predicted octanol–water partition coefficient (Wildman–Crippen LogP) is 3.89. The molecule has 2 aliphatic heterocycles. The van der Waals surface area contributed by atoms with Crippen LogP contribution in [0.25, 0.3) is 0 Å². The molecule has 3 N–H and O–H groups in total. The van der Waals surface area contributed by atoms with Crippen molar-refractivity contribution in [3.05, 3.63) is 106 Å². The summed E-state index contributed by atoms with van der Waals surface area (Å²) >= 11 is 0. The normalized spacial score (nSPS) is 17.2. The maximum Gasteiger partial charge on any atom is 0.271 e. The monoisotopic (exact) mass is 511 g/mol. The number of H-pyrrole nitrogens is 1. The number of morpholine rings is 1. The highest BCUT2D eigenvalue weighted by Gasteiger charge is 2.29. The van der Waals surface area contributed by atoms with E-state index in [1.54, 1.807) is 12.4 Å². The van der Waals surface area contributed by atoms with Gasteiger partial charge in [-0.1, -0.05) is 18.2 Å². The summed E-state index contributed by atoms with van der Waals surface area (Å²) < 4.78 is 12.6. The Morgan fingerprint density at radius 3 is 2.95 bits per heavy atom.